The van der Waals surface area contributed by atoms with Crippen LogP contribution in [0.2, 0.25) is 0 Å². The summed E-state index contributed by atoms with van der Waals surface area (Å²) in [5.74, 6) is -3.02. The number of imide groups is 1. The second-order valence-electron chi connectivity index (χ2n) is 9.77. The number of rotatable bonds is 6. The van der Waals surface area contributed by atoms with Gasteiger partial charge < -0.3 is 19.9 Å². The Kier molecular flexibility index (Phi) is 7.28. The van der Waals surface area contributed by atoms with E-state index >= 15 is 0 Å². The number of alkyl halides is 3. The molecule has 2 aromatic carbocycles. The van der Waals surface area contributed by atoms with E-state index in [2.05, 4.69) is 10.6 Å². The molecule has 1 aliphatic carbocycles. The number of halogens is 4. The summed E-state index contributed by atoms with van der Waals surface area (Å²) in [6.07, 6.45) is -6.35. The van der Waals surface area contributed by atoms with Gasteiger partial charge in [0.05, 0.1) is 0 Å². The van der Waals surface area contributed by atoms with E-state index in [0.29, 0.717) is 21.7 Å². The van der Waals surface area contributed by atoms with E-state index in [1.807, 2.05) is 0 Å². The van der Waals surface area contributed by atoms with E-state index < -0.39 is 66.5 Å². The Morgan fingerprint density at radius 1 is 1.15 bits per heavy atom. The van der Waals surface area contributed by atoms with Crippen LogP contribution in [0.25, 0.3) is 0 Å². The van der Waals surface area contributed by atoms with Crippen molar-refractivity contribution < 1.29 is 41.5 Å². The van der Waals surface area contributed by atoms with Crippen LogP contribution in [0, 0.1) is 5.82 Å². The van der Waals surface area contributed by atoms with Crippen molar-refractivity contribution in [2.75, 3.05) is 19.4 Å². The Morgan fingerprint density at radius 3 is 2.38 bits per heavy atom. The van der Waals surface area contributed by atoms with Crippen LogP contribution >= 0.6 is 0 Å². The van der Waals surface area contributed by atoms with Gasteiger partial charge in [-0.25, -0.2) is 14.0 Å². The van der Waals surface area contributed by atoms with Crippen molar-refractivity contribution >= 4 is 29.6 Å². The highest BCUT2D eigenvalue weighted by Gasteiger charge is 2.57. The van der Waals surface area contributed by atoms with Gasteiger partial charge in [0.1, 0.15) is 11.9 Å². The third kappa shape index (κ3) is 5.52. The molecule has 1 saturated heterocycles. The molecule has 1 unspecified atom stereocenters. The molecule has 2 N–H and O–H groups in total. The lowest BCUT2D eigenvalue weighted by Gasteiger charge is -2.32. The van der Waals surface area contributed by atoms with E-state index in [4.69, 9.17) is 4.74 Å². The average molecular weight is 551 g/mol. The maximum absolute atomic E-state index is 13.7. The van der Waals surface area contributed by atoms with Crippen LogP contribution in [0.5, 0.6) is 0 Å². The molecular formula is C26H26F4N4O5. The van der Waals surface area contributed by atoms with Crippen molar-refractivity contribution in [1.29, 1.82) is 0 Å². The first-order valence-corrected chi connectivity index (χ1v) is 12.0. The topological polar surface area (TPSA) is 108 Å². The standard InChI is InChI=1S/C26H26F4N4O5/c1-14(26(28,29)30)34(13-15-4-6-17(27)7-5-15)21(35)10-16-12-25(22(36)32-24(38)39-25)20-9-8-18(11-19(16)20)31-23(37)33(2)3/h4-9,11,14,16H,10,12-13H2,1-3H3,(H,31,37)(H,32,36,38)/t14-,16?,25+/m0/s1. The second-order valence-corrected chi connectivity index (χ2v) is 9.77. The van der Waals surface area contributed by atoms with Crippen LogP contribution in [0.3, 0.4) is 0 Å². The molecule has 0 aromatic heterocycles. The molecule has 3 atom stereocenters. The minimum Gasteiger partial charge on any atom is -0.427 e. The van der Waals surface area contributed by atoms with E-state index in [0.717, 1.165) is 19.1 Å². The molecule has 2 aliphatic rings. The van der Waals surface area contributed by atoms with Gasteiger partial charge in [0, 0.05) is 44.7 Å². The van der Waals surface area contributed by atoms with Crippen molar-refractivity contribution in [2.24, 2.45) is 0 Å². The number of fused-ring (bicyclic) bond motifs is 2. The largest absolute Gasteiger partial charge is 0.427 e. The van der Waals surface area contributed by atoms with Gasteiger partial charge >= 0.3 is 18.3 Å². The number of nitrogens with zero attached hydrogens (tertiary/aromatic N) is 2. The summed E-state index contributed by atoms with van der Waals surface area (Å²) in [6.45, 7) is 0.422. The van der Waals surface area contributed by atoms with E-state index in [-0.39, 0.29) is 12.0 Å². The first-order chi connectivity index (χ1) is 18.2. The summed E-state index contributed by atoms with van der Waals surface area (Å²) in [5, 5.41) is 4.72. The van der Waals surface area contributed by atoms with Gasteiger partial charge in [-0.05, 0) is 48.2 Å². The van der Waals surface area contributed by atoms with Crippen LogP contribution in [0.15, 0.2) is 42.5 Å². The van der Waals surface area contributed by atoms with Crippen LogP contribution in [-0.4, -0.2) is 60.1 Å². The number of benzene rings is 2. The molecule has 0 bridgehead atoms. The molecule has 2 aromatic rings. The molecule has 1 fully saturated rings. The number of amides is 5. The summed E-state index contributed by atoms with van der Waals surface area (Å²) in [4.78, 5) is 52.3. The van der Waals surface area contributed by atoms with Crippen molar-refractivity contribution in [3.63, 3.8) is 0 Å². The molecule has 208 valence electrons. The first-order valence-electron chi connectivity index (χ1n) is 12.0. The summed E-state index contributed by atoms with van der Waals surface area (Å²) in [6, 6.07) is 6.64. The molecule has 1 spiro atoms. The molecule has 1 heterocycles. The van der Waals surface area contributed by atoms with Crippen LogP contribution in [-0.2, 0) is 26.5 Å². The highest BCUT2D eigenvalue weighted by Crippen LogP contribution is 2.51. The number of anilines is 1. The Hall–Kier alpha value is -4.16. The molecule has 0 saturated carbocycles. The fourth-order valence-corrected chi connectivity index (χ4v) is 4.80. The maximum Gasteiger partial charge on any atom is 0.415 e. The monoisotopic (exact) mass is 550 g/mol. The van der Waals surface area contributed by atoms with Crippen molar-refractivity contribution in [2.45, 2.75) is 50.0 Å². The van der Waals surface area contributed by atoms with Crippen LogP contribution < -0.4 is 10.6 Å². The second kappa shape index (κ2) is 10.2. The average Bonchev–Trinajstić information content (AvgIpc) is 3.31. The van der Waals surface area contributed by atoms with Gasteiger partial charge in [0.15, 0.2) is 0 Å². The lowest BCUT2D eigenvalue weighted by atomic mass is 9.94. The van der Waals surface area contributed by atoms with Gasteiger partial charge in [0.2, 0.25) is 11.5 Å². The maximum atomic E-state index is 13.7. The van der Waals surface area contributed by atoms with Crippen LogP contribution in [0.1, 0.15) is 42.4 Å². The smallest absolute Gasteiger partial charge is 0.415 e. The molecule has 1 aliphatic heterocycles. The Labute approximate surface area is 221 Å². The molecule has 5 amide bonds. The summed E-state index contributed by atoms with van der Waals surface area (Å²) >= 11 is 0. The zero-order chi connectivity index (χ0) is 28.7. The number of alkyl carbamates (subject to hydrolysis) is 1. The fraction of sp³-hybridized carbons (Fsp3) is 0.385. The normalized spacial score (nSPS) is 20.7. The summed E-state index contributed by atoms with van der Waals surface area (Å²) < 4.78 is 59.9. The number of nitrogens with one attached hydrogen (secondary N) is 2. The van der Waals surface area contributed by atoms with Gasteiger partial charge in [-0.2, -0.15) is 13.2 Å². The molecule has 39 heavy (non-hydrogen) atoms. The fourth-order valence-electron chi connectivity index (χ4n) is 4.80. The minimum atomic E-state index is -4.74. The zero-order valence-electron chi connectivity index (χ0n) is 21.3. The Morgan fingerprint density at radius 2 is 1.82 bits per heavy atom. The number of carbonyl (C=O) groups is 4. The van der Waals surface area contributed by atoms with Crippen molar-refractivity contribution in [3.05, 3.63) is 65.0 Å². The molecular weight excluding hydrogens is 524 g/mol. The van der Waals surface area contributed by atoms with Crippen LogP contribution in [0.4, 0.5) is 32.8 Å². The van der Waals surface area contributed by atoms with E-state index in [1.165, 1.54) is 49.3 Å². The predicted octanol–water partition coefficient (Wildman–Crippen LogP) is 4.24. The molecule has 9 nitrogen and oxygen atoms in total. The van der Waals surface area contributed by atoms with E-state index in [9.17, 15) is 36.7 Å². The SMILES string of the molecule is C[C@H](N(Cc1ccc(F)cc1)C(=O)CC1C[C@@]2(OC(=O)NC2=O)c2ccc(NC(=O)N(C)C)cc21)C(F)(F)F. The number of urea groups is 1. The van der Waals surface area contributed by atoms with Gasteiger partial charge in [0.25, 0.3) is 5.91 Å². The van der Waals surface area contributed by atoms with Crippen molar-refractivity contribution in [1.82, 2.24) is 15.1 Å². The zero-order valence-corrected chi connectivity index (χ0v) is 21.3. The molecule has 0 radical (unpaired) electrons. The summed E-state index contributed by atoms with van der Waals surface area (Å²) in [5.41, 5.74) is -0.481. The number of ether oxygens (including phenoxy) is 1. The van der Waals surface area contributed by atoms with Gasteiger partial charge in [-0.3, -0.25) is 14.9 Å². The molecule has 4 rings (SSSR count). The van der Waals surface area contributed by atoms with E-state index in [1.54, 1.807) is 0 Å². The predicted molar refractivity (Wildman–Crippen MR) is 130 cm³/mol. The lowest BCUT2D eigenvalue weighted by Crippen LogP contribution is -2.46. The Bertz CT molecular complexity index is 1310. The minimum absolute atomic E-state index is 0.179. The highest BCUT2D eigenvalue weighted by molar-refractivity contribution is 6.04. The quantitative estimate of drug-likeness (QED) is 0.524. The lowest BCUT2D eigenvalue weighted by molar-refractivity contribution is -0.187. The van der Waals surface area contributed by atoms with Crippen molar-refractivity contribution in [3.8, 4) is 0 Å². The third-order valence-corrected chi connectivity index (χ3v) is 6.92. The number of carbonyl (C=O) groups excluding carboxylic acids is 4. The molecule has 13 heteroatoms. The number of hydrogen-bond acceptors (Lipinski definition) is 5. The first kappa shape index (κ1) is 27.9. The summed E-state index contributed by atoms with van der Waals surface area (Å²) in [7, 11) is 3.05. The third-order valence-electron chi connectivity index (χ3n) is 6.92. The van der Waals surface area contributed by atoms with Gasteiger partial charge in [-0.15, -0.1) is 0 Å². The Balaban J connectivity index is 1.68. The van der Waals surface area contributed by atoms with Gasteiger partial charge in [-0.1, -0.05) is 18.2 Å². The number of hydrogen-bond donors (Lipinski definition) is 2. The highest BCUT2D eigenvalue weighted by atomic mass is 19.4.